The van der Waals surface area contributed by atoms with E-state index >= 15 is 0 Å². The van der Waals surface area contributed by atoms with E-state index in [-0.39, 0.29) is 23.7 Å². The molecule has 2 N–H and O–H groups in total. The van der Waals surface area contributed by atoms with E-state index in [0.717, 1.165) is 0 Å². The lowest BCUT2D eigenvalue weighted by molar-refractivity contribution is 0.142. The highest BCUT2D eigenvalue weighted by molar-refractivity contribution is 6.32. The molecule has 1 heterocycles. The molecule has 1 aromatic heterocycles. The topological polar surface area (TPSA) is 57.8 Å². The molecule has 7 heteroatoms. The fourth-order valence-corrected chi connectivity index (χ4v) is 0.981. The first-order chi connectivity index (χ1) is 6.61. The number of nitrogens with one attached hydrogen (secondary N) is 2. The van der Waals surface area contributed by atoms with E-state index in [4.69, 9.17) is 11.6 Å². The molecule has 0 radical (unpaired) electrons. The molecule has 0 aliphatic heterocycles. The van der Waals surface area contributed by atoms with E-state index in [1.165, 1.54) is 6.20 Å². The SMILES string of the molecule is O=c1[nH]ncc(NCCC(F)F)c1Cl. The van der Waals surface area contributed by atoms with E-state index < -0.39 is 12.0 Å². The summed E-state index contributed by atoms with van der Waals surface area (Å²) in [5.41, 5.74) is -0.287. The normalized spacial score (nSPS) is 10.6. The number of nitrogens with zero attached hydrogens (tertiary/aromatic N) is 1. The lowest BCUT2D eigenvalue weighted by Crippen LogP contribution is -2.13. The zero-order valence-corrected chi connectivity index (χ0v) is 7.81. The molecule has 4 nitrogen and oxygen atoms in total. The Balaban J connectivity index is 2.59. The lowest BCUT2D eigenvalue weighted by atomic mass is 10.4. The molecule has 14 heavy (non-hydrogen) atoms. The van der Waals surface area contributed by atoms with Gasteiger partial charge in [0.05, 0.1) is 11.9 Å². The minimum absolute atomic E-state index is 0.0442. The predicted molar refractivity (Wildman–Crippen MR) is 49.0 cm³/mol. The summed E-state index contributed by atoms with van der Waals surface area (Å²) in [5, 5.41) is 8.10. The van der Waals surface area contributed by atoms with Crippen molar-refractivity contribution < 1.29 is 8.78 Å². The fraction of sp³-hybridized carbons (Fsp3) is 0.429. The molecule has 0 aliphatic carbocycles. The molecule has 0 aromatic carbocycles. The van der Waals surface area contributed by atoms with Crippen molar-refractivity contribution in [3.05, 3.63) is 21.6 Å². The zero-order valence-electron chi connectivity index (χ0n) is 7.06. The molecule has 0 bridgehead atoms. The summed E-state index contributed by atoms with van der Waals surface area (Å²) in [4.78, 5) is 10.9. The van der Waals surface area contributed by atoms with E-state index in [1.54, 1.807) is 0 Å². The minimum atomic E-state index is -2.38. The number of hydrogen-bond donors (Lipinski definition) is 2. The molecule has 78 valence electrons. The zero-order chi connectivity index (χ0) is 10.6. The van der Waals surface area contributed by atoms with Crippen molar-refractivity contribution in [1.82, 2.24) is 10.2 Å². The molecule has 0 atom stereocenters. The molecule has 1 aromatic rings. The Morgan fingerprint density at radius 1 is 1.64 bits per heavy atom. The van der Waals surface area contributed by atoms with Crippen LogP contribution < -0.4 is 10.9 Å². The maximum Gasteiger partial charge on any atom is 0.285 e. The lowest BCUT2D eigenvalue weighted by Gasteiger charge is -2.05. The Bertz CT molecular complexity index is 355. The van der Waals surface area contributed by atoms with Gasteiger partial charge in [-0.3, -0.25) is 4.79 Å². The van der Waals surface area contributed by atoms with Crippen LogP contribution in [-0.4, -0.2) is 23.2 Å². The Morgan fingerprint density at radius 2 is 2.36 bits per heavy atom. The van der Waals surface area contributed by atoms with E-state index in [1.807, 2.05) is 0 Å². The number of aromatic amines is 1. The van der Waals surface area contributed by atoms with Crippen molar-refractivity contribution in [1.29, 1.82) is 0 Å². The number of alkyl halides is 2. The molecule has 0 saturated heterocycles. The van der Waals surface area contributed by atoms with Gasteiger partial charge in [-0.05, 0) is 0 Å². The van der Waals surface area contributed by atoms with Gasteiger partial charge in [0.2, 0.25) is 6.43 Å². The predicted octanol–water partition coefficient (Wildman–Crippen LogP) is 1.49. The maximum absolute atomic E-state index is 11.8. The summed E-state index contributed by atoms with van der Waals surface area (Å²) < 4.78 is 23.5. The van der Waals surface area contributed by atoms with Crippen LogP contribution in [0.3, 0.4) is 0 Å². The summed E-state index contributed by atoms with van der Waals surface area (Å²) in [5.74, 6) is 0. The highest BCUT2D eigenvalue weighted by Crippen LogP contribution is 2.14. The number of halogens is 3. The molecule has 1 rings (SSSR count). The summed E-state index contributed by atoms with van der Waals surface area (Å²) in [6.07, 6.45) is -1.41. The third kappa shape index (κ3) is 2.95. The number of anilines is 1. The first-order valence-corrected chi connectivity index (χ1v) is 4.24. The fourth-order valence-electron chi connectivity index (χ4n) is 0.823. The van der Waals surface area contributed by atoms with Gasteiger partial charge in [0.1, 0.15) is 5.02 Å². The summed E-state index contributed by atoms with van der Waals surface area (Å²) in [7, 11) is 0. The van der Waals surface area contributed by atoms with Crippen molar-refractivity contribution >= 4 is 17.3 Å². The van der Waals surface area contributed by atoms with Crippen LogP contribution in [0.1, 0.15) is 6.42 Å². The maximum atomic E-state index is 11.8. The molecule has 0 amide bonds. The smallest absolute Gasteiger partial charge is 0.285 e. The average Bonchev–Trinajstić information content (AvgIpc) is 2.12. The van der Waals surface area contributed by atoms with Crippen molar-refractivity contribution in [3.63, 3.8) is 0 Å². The van der Waals surface area contributed by atoms with E-state index in [2.05, 4.69) is 15.5 Å². The number of aromatic nitrogens is 2. The Hall–Kier alpha value is -1.17. The van der Waals surface area contributed by atoms with Gasteiger partial charge in [-0.2, -0.15) is 5.10 Å². The van der Waals surface area contributed by atoms with Crippen LogP contribution in [0.5, 0.6) is 0 Å². The second kappa shape index (κ2) is 4.90. The van der Waals surface area contributed by atoms with Gasteiger partial charge in [-0.15, -0.1) is 0 Å². The van der Waals surface area contributed by atoms with Gasteiger partial charge in [0, 0.05) is 13.0 Å². The van der Waals surface area contributed by atoms with Crippen LogP contribution in [0.15, 0.2) is 11.0 Å². The van der Waals surface area contributed by atoms with Crippen LogP contribution in [0.4, 0.5) is 14.5 Å². The number of hydrogen-bond acceptors (Lipinski definition) is 3. The highest BCUT2D eigenvalue weighted by atomic mass is 35.5. The van der Waals surface area contributed by atoms with Crippen LogP contribution in [0, 0.1) is 0 Å². The summed E-state index contributed by atoms with van der Waals surface area (Å²) in [6, 6.07) is 0. The Kier molecular flexibility index (Phi) is 3.82. The van der Waals surface area contributed by atoms with Crippen LogP contribution >= 0.6 is 11.6 Å². The molecular weight excluding hydrogens is 216 g/mol. The molecule has 0 fully saturated rings. The van der Waals surface area contributed by atoms with Crippen molar-refractivity contribution in [2.24, 2.45) is 0 Å². The molecule has 0 spiro atoms. The average molecular weight is 224 g/mol. The van der Waals surface area contributed by atoms with Gasteiger partial charge >= 0.3 is 0 Å². The minimum Gasteiger partial charge on any atom is -0.382 e. The third-order valence-corrected chi connectivity index (χ3v) is 1.85. The van der Waals surface area contributed by atoms with Gasteiger partial charge in [0.15, 0.2) is 0 Å². The standard InChI is InChI=1S/C7H8ClF2N3O/c8-6-4(3-12-13-7(6)14)11-2-1-5(9)10/h3,5H,1-2H2,(H2,11,13,14). The largest absolute Gasteiger partial charge is 0.382 e. The van der Waals surface area contributed by atoms with Gasteiger partial charge < -0.3 is 5.32 Å². The summed E-state index contributed by atoms with van der Waals surface area (Å²) >= 11 is 5.57. The van der Waals surface area contributed by atoms with Gasteiger partial charge in [-0.1, -0.05) is 11.6 Å². The first-order valence-electron chi connectivity index (χ1n) is 3.86. The highest BCUT2D eigenvalue weighted by Gasteiger charge is 2.05. The molecular formula is C7H8ClF2N3O. The van der Waals surface area contributed by atoms with Crippen molar-refractivity contribution in [2.75, 3.05) is 11.9 Å². The van der Waals surface area contributed by atoms with Gasteiger partial charge in [-0.25, -0.2) is 13.9 Å². The van der Waals surface area contributed by atoms with Crippen LogP contribution in [0.25, 0.3) is 0 Å². The van der Waals surface area contributed by atoms with E-state index in [9.17, 15) is 13.6 Å². The Labute approximate surface area is 83.3 Å². The quantitative estimate of drug-likeness (QED) is 0.813. The molecule has 0 aliphatic rings. The second-order valence-electron chi connectivity index (χ2n) is 2.53. The Morgan fingerprint density at radius 3 is 3.00 bits per heavy atom. The van der Waals surface area contributed by atoms with Crippen molar-refractivity contribution in [3.8, 4) is 0 Å². The van der Waals surface area contributed by atoms with Crippen LogP contribution in [-0.2, 0) is 0 Å². The molecule has 0 unspecified atom stereocenters. The third-order valence-electron chi connectivity index (χ3n) is 1.47. The monoisotopic (exact) mass is 223 g/mol. The van der Waals surface area contributed by atoms with Gasteiger partial charge in [0.25, 0.3) is 5.56 Å². The summed E-state index contributed by atoms with van der Waals surface area (Å²) in [6.45, 7) is 0.0442. The number of H-pyrrole nitrogens is 1. The molecule has 0 saturated carbocycles. The van der Waals surface area contributed by atoms with Crippen molar-refractivity contribution in [2.45, 2.75) is 12.8 Å². The second-order valence-corrected chi connectivity index (χ2v) is 2.91. The van der Waals surface area contributed by atoms with E-state index in [0.29, 0.717) is 0 Å². The van der Waals surface area contributed by atoms with Crippen LogP contribution in [0.2, 0.25) is 5.02 Å². The number of rotatable bonds is 4. The first kappa shape index (κ1) is 10.9.